The van der Waals surface area contributed by atoms with E-state index in [4.69, 9.17) is 4.74 Å². The molecular formula is C14H29N3O. The van der Waals surface area contributed by atoms with E-state index in [0.29, 0.717) is 0 Å². The van der Waals surface area contributed by atoms with Gasteiger partial charge in [0.05, 0.1) is 6.61 Å². The lowest BCUT2D eigenvalue weighted by atomic mass is 10.0. The maximum absolute atomic E-state index is 5.49. The molecule has 106 valence electrons. The van der Waals surface area contributed by atoms with Crippen LogP contribution in [0.3, 0.4) is 0 Å². The molecular weight excluding hydrogens is 226 g/mol. The first-order chi connectivity index (χ1) is 8.84. The first-order valence-electron chi connectivity index (χ1n) is 7.54. The van der Waals surface area contributed by atoms with Crippen LogP contribution in [0.4, 0.5) is 0 Å². The fourth-order valence-corrected chi connectivity index (χ4v) is 2.77. The lowest BCUT2D eigenvalue weighted by Crippen LogP contribution is -2.45. The van der Waals surface area contributed by atoms with Crippen LogP contribution in [-0.2, 0) is 4.74 Å². The van der Waals surface area contributed by atoms with Crippen LogP contribution in [0.15, 0.2) is 0 Å². The van der Waals surface area contributed by atoms with E-state index >= 15 is 0 Å². The second kappa shape index (κ2) is 8.10. The van der Waals surface area contributed by atoms with Gasteiger partial charge in [-0.25, -0.2) is 0 Å². The van der Waals surface area contributed by atoms with Crippen LogP contribution in [0.2, 0.25) is 0 Å². The predicted octanol–water partition coefficient (Wildman–Crippen LogP) is 0.640. The molecule has 2 heterocycles. The number of hydrogen-bond donors (Lipinski definition) is 1. The molecule has 1 unspecified atom stereocenters. The Morgan fingerprint density at radius 2 is 2.06 bits per heavy atom. The molecule has 4 heteroatoms. The quantitative estimate of drug-likeness (QED) is 0.705. The van der Waals surface area contributed by atoms with Crippen LogP contribution in [0.1, 0.15) is 19.3 Å². The number of hydrogen-bond acceptors (Lipinski definition) is 4. The number of rotatable bonds is 6. The third-order valence-corrected chi connectivity index (χ3v) is 4.11. The third-order valence-electron chi connectivity index (χ3n) is 4.11. The van der Waals surface area contributed by atoms with E-state index in [2.05, 4.69) is 22.2 Å². The van der Waals surface area contributed by atoms with Gasteiger partial charge in [0.2, 0.25) is 0 Å². The summed E-state index contributed by atoms with van der Waals surface area (Å²) in [5.41, 5.74) is 0. The Morgan fingerprint density at radius 3 is 2.78 bits per heavy atom. The van der Waals surface area contributed by atoms with Crippen molar-refractivity contribution >= 4 is 0 Å². The minimum atomic E-state index is 0.752. The summed E-state index contributed by atoms with van der Waals surface area (Å²) in [6, 6.07) is 0. The summed E-state index contributed by atoms with van der Waals surface area (Å²) in [7, 11) is 2.21. The van der Waals surface area contributed by atoms with E-state index < -0.39 is 0 Å². The Morgan fingerprint density at radius 1 is 1.22 bits per heavy atom. The van der Waals surface area contributed by atoms with Crippen molar-refractivity contribution in [2.45, 2.75) is 19.3 Å². The van der Waals surface area contributed by atoms with Gasteiger partial charge in [-0.1, -0.05) is 0 Å². The highest BCUT2D eigenvalue weighted by Crippen LogP contribution is 2.11. The molecule has 0 aromatic heterocycles. The molecule has 2 fully saturated rings. The van der Waals surface area contributed by atoms with Crippen LogP contribution in [-0.4, -0.2) is 75.9 Å². The molecule has 0 radical (unpaired) electrons. The largest absolute Gasteiger partial charge is 0.381 e. The van der Waals surface area contributed by atoms with Gasteiger partial charge in [0, 0.05) is 39.3 Å². The van der Waals surface area contributed by atoms with E-state index in [0.717, 1.165) is 32.2 Å². The predicted molar refractivity (Wildman–Crippen MR) is 75.0 cm³/mol. The second-order valence-corrected chi connectivity index (χ2v) is 5.79. The summed E-state index contributed by atoms with van der Waals surface area (Å²) < 4.78 is 5.49. The first kappa shape index (κ1) is 14.3. The molecule has 2 aliphatic heterocycles. The van der Waals surface area contributed by atoms with Crippen molar-refractivity contribution in [3.05, 3.63) is 0 Å². The van der Waals surface area contributed by atoms with Crippen LogP contribution in [0.5, 0.6) is 0 Å². The summed E-state index contributed by atoms with van der Waals surface area (Å²) in [5.74, 6) is 0.752. The lowest BCUT2D eigenvalue weighted by Gasteiger charge is -2.32. The van der Waals surface area contributed by atoms with Crippen LogP contribution < -0.4 is 5.32 Å². The summed E-state index contributed by atoms with van der Waals surface area (Å²) >= 11 is 0. The van der Waals surface area contributed by atoms with Crippen molar-refractivity contribution in [2.24, 2.45) is 5.92 Å². The number of piperazine rings is 1. The minimum Gasteiger partial charge on any atom is -0.381 e. The maximum Gasteiger partial charge on any atom is 0.0506 e. The number of nitrogens with zero attached hydrogens (tertiary/aromatic N) is 2. The van der Waals surface area contributed by atoms with E-state index in [-0.39, 0.29) is 0 Å². The summed E-state index contributed by atoms with van der Waals surface area (Å²) in [5, 5.41) is 3.59. The molecule has 0 aromatic carbocycles. The van der Waals surface area contributed by atoms with Crippen molar-refractivity contribution in [3.8, 4) is 0 Å². The Labute approximate surface area is 112 Å². The first-order valence-corrected chi connectivity index (χ1v) is 7.54. The summed E-state index contributed by atoms with van der Waals surface area (Å²) in [6.07, 6.45) is 3.86. The zero-order valence-electron chi connectivity index (χ0n) is 11.9. The number of likely N-dealkylation sites (N-methyl/N-ethyl adjacent to an activating group) is 1. The fraction of sp³-hybridized carbons (Fsp3) is 1.00. The van der Waals surface area contributed by atoms with Gasteiger partial charge in [-0.15, -0.1) is 0 Å². The Bertz CT molecular complexity index is 211. The van der Waals surface area contributed by atoms with E-state index in [1.807, 2.05) is 0 Å². The number of nitrogens with one attached hydrogen (secondary N) is 1. The van der Waals surface area contributed by atoms with Crippen LogP contribution >= 0.6 is 0 Å². The van der Waals surface area contributed by atoms with Crippen molar-refractivity contribution in [1.82, 2.24) is 15.1 Å². The molecule has 4 nitrogen and oxygen atoms in total. The van der Waals surface area contributed by atoms with E-state index in [1.165, 1.54) is 52.0 Å². The number of ether oxygens (including phenoxy) is 1. The van der Waals surface area contributed by atoms with E-state index in [1.54, 1.807) is 0 Å². The van der Waals surface area contributed by atoms with Gasteiger partial charge in [0.25, 0.3) is 0 Å². The van der Waals surface area contributed by atoms with Crippen molar-refractivity contribution in [1.29, 1.82) is 0 Å². The zero-order valence-corrected chi connectivity index (χ0v) is 11.9. The summed E-state index contributed by atoms with van der Waals surface area (Å²) in [6.45, 7) is 10.4. The molecule has 18 heavy (non-hydrogen) atoms. The molecule has 0 amide bonds. The van der Waals surface area contributed by atoms with Gasteiger partial charge in [-0.3, -0.25) is 0 Å². The molecule has 2 saturated heterocycles. The Balaban J connectivity index is 1.43. The maximum atomic E-state index is 5.49. The smallest absolute Gasteiger partial charge is 0.0506 e. The molecule has 0 bridgehead atoms. The van der Waals surface area contributed by atoms with Crippen LogP contribution in [0.25, 0.3) is 0 Å². The van der Waals surface area contributed by atoms with Gasteiger partial charge in [0.15, 0.2) is 0 Å². The SMILES string of the molecule is CN1CCN(CCCNCC2CCCOC2)CC1. The Hall–Kier alpha value is -0.160. The van der Waals surface area contributed by atoms with Gasteiger partial charge in [-0.2, -0.15) is 0 Å². The highest BCUT2D eigenvalue weighted by Gasteiger charge is 2.14. The molecule has 0 aromatic rings. The minimum absolute atomic E-state index is 0.752. The fourth-order valence-electron chi connectivity index (χ4n) is 2.77. The van der Waals surface area contributed by atoms with E-state index in [9.17, 15) is 0 Å². The zero-order chi connectivity index (χ0) is 12.6. The normalized spacial score (nSPS) is 27.5. The highest BCUT2D eigenvalue weighted by atomic mass is 16.5. The average Bonchev–Trinajstić information content (AvgIpc) is 2.42. The van der Waals surface area contributed by atoms with Crippen molar-refractivity contribution in [2.75, 3.05) is 66.1 Å². The standard InChI is InChI=1S/C14H29N3O/c1-16-7-9-17(10-8-16)6-3-5-15-12-14-4-2-11-18-13-14/h14-15H,2-13H2,1H3. The molecule has 1 atom stereocenters. The molecule has 0 saturated carbocycles. The van der Waals surface area contributed by atoms with Gasteiger partial charge in [-0.05, 0) is 45.3 Å². The average molecular weight is 255 g/mol. The molecule has 0 spiro atoms. The Kier molecular flexibility index (Phi) is 6.41. The van der Waals surface area contributed by atoms with Gasteiger partial charge in [0.1, 0.15) is 0 Å². The van der Waals surface area contributed by atoms with Gasteiger partial charge < -0.3 is 19.9 Å². The second-order valence-electron chi connectivity index (χ2n) is 5.79. The molecule has 1 N–H and O–H groups in total. The van der Waals surface area contributed by atoms with Crippen molar-refractivity contribution < 1.29 is 4.74 Å². The van der Waals surface area contributed by atoms with Crippen molar-refractivity contribution in [3.63, 3.8) is 0 Å². The highest BCUT2D eigenvalue weighted by molar-refractivity contribution is 4.70. The third kappa shape index (κ3) is 5.22. The molecule has 0 aliphatic carbocycles. The van der Waals surface area contributed by atoms with Crippen LogP contribution in [0, 0.1) is 5.92 Å². The topological polar surface area (TPSA) is 27.7 Å². The lowest BCUT2D eigenvalue weighted by molar-refractivity contribution is 0.0548. The monoisotopic (exact) mass is 255 g/mol. The van der Waals surface area contributed by atoms with Gasteiger partial charge >= 0.3 is 0 Å². The molecule has 2 rings (SSSR count). The molecule has 2 aliphatic rings. The summed E-state index contributed by atoms with van der Waals surface area (Å²) in [4.78, 5) is 5.00.